The lowest BCUT2D eigenvalue weighted by Gasteiger charge is -2.45. The van der Waals surface area contributed by atoms with E-state index in [4.69, 9.17) is 11.5 Å². The van der Waals surface area contributed by atoms with Gasteiger partial charge in [0.15, 0.2) is 0 Å². The molecule has 1 aromatic heterocycles. The number of nitrogens with one attached hydrogen (secondary N) is 1. The number of nitrogen functional groups attached to an aromatic ring is 1. The molecular formula is C22H28F3N7O3. The second kappa shape index (κ2) is 10.2. The monoisotopic (exact) mass is 495 g/mol. The smallest absolute Gasteiger partial charge is 0.405 e. The Morgan fingerprint density at radius 1 is 1.17 bits per heavy atom. The van der Waals surface area contributed by atoms with E-state index in [2.05, 4.69) is 24.9 Å². The zero-order chi connectivity index (χ0) is 25.2. The van der Waals surface area contributed by atoms with Gasteiger partial charge in [-0.15, -0.1) is 13.2 Å². The van der Waals surface area contributed by atoms with E-state index in [-0.39, 0.29) is 53.0 Å². The number of ether oxygens (including phenoxy) is 1. The van der Waals surface area contributed by atoms with E-state index < -0.39 is 11.3 Å². The minimum atomic E-state index is -4.84. The summed E-state index contributed by atoms with van der Waals surface area (Å²) in [7, 11) is 0. The summed E-state index contributed by atoms with van der Waals surface area (Å²) < 4.78 is 42.1. The van der Waals surface area contributed by atoms with Gasteiger partial charge in [0.2, 0.25) is 11.8 Å². The summed E-state index contributed by atoms with van der Waals surface area (Å²) >= 11 is 0. The molecule has 1 saturated heterocycles. The standard InChI is InChI=1S/C22H28F3N7O3/c23-22(24,25)35-18-4-2-1-3-14(18)10-28-21-29-17(19(32(33)34)20(27)30-21)9-13-5-7-16(8-6-13)31-11-15(26)12-31/h1-4,13,15-16H,5-12,26H2,(H3,27,28,29,30)/t13-,16-. The highest BCUT2D eigenvalue weighted by Crippen LogP contribution is 2.35. The highest BCUT2D eigenvalue weighted by Gasteiger charge is 2.34. The van der Waals surface area contributed by atoms with Crippen molar-refractivity contribution in [3.05, 3.63) is 45.6 Å². The number of hydrogen-bond donors (Lipinski definition) is 3. The maximum Gasteiger partial charge on any atom is 0.573 e. The zero-order valence-corrected chi connectivity index (χ0v) is 19.0. The fraction of sp³-hybridized carbons (Fsp3) is 0.545. The summed E-state index contributed by atoms with van der Waals surface area (Å²) in [6.07, 6.45) is -0.666. The second-order valence-corrected chi connectivity index (χ2v) is 9.09. The number of rotatable bonds is 8. The van der Waals surface area contributed by atoms with Crippen LogP contribution in [-0.2, 0) is 13.0 Å². The molecule has 2 aromatic rings. The van der Waals surface area contributed by atoms with Crippen LogP contribution in [0.25, 0.3) is 0 Å². The molecule has 1 aliphatic carbocycles. The number of nitrogens with zero attached hydrogens (tertiary/aromatic N) is 4. The van der Waals surface area contributed by atoms with Crippen molar-refractivity contribution in [2.24, 2.45) is 11.7 Å². The Morgan fingerprint density at radius 2 is 1.86 bits per heavy atom. The second-order valence-electron chi connectivity index (χ2n) is 9.09. The number of hydrogen-bond acceptors (Lipinski definition) is 9. The molecule has 5 N–H and O–H groups in total. The molecule has 10 nitrogen and oxygen atoms in total. The number of nitrogens with two attached hydrogens (primary N) is 2. The van der Waals surface area contributed by atoms with Crippen molar-refractivity contribution in [1.29, 1.82) is 0 Å². The van der Waals surface area contributed by atoms with Crippen LogP contribution in [0, 0.1) is 16.0 Å². The van der Waals surface area contributed by atoms with Gasteiger partial charge in [0.05, 0.1) is 4.92 Å². The summed E-state index contributed by atoms with van der Waals surface area (Å²) in [5.41, 5.74) is 11.9. The van der Waals surface area contributed by atoms with E-state index >= 15 is 0 Å². The minimum Gasteiger partial charge on any atom is -0.405 e. The van der Waals surface area contributed by atoms with Gasteiger partial charge in [-0.25, -0.2) is 4.98 Å². The van der Waals surface area contributed by atoms with Crippen LogP contribution in [0.1, 0.15) is 36.9 Å². The van der Waals surface area contributed by atoms with Crippen LogP contribution in [-0.4, -0.2) is 51.3 Å². The lowest BCUT2D eigenvalue weighted by Crippen LogP contribution is -2.59. The molecule has 0 radical (unpaired) electrons. The number of likely N-dealkylation sites (tertiary alicyclic amines) is 1. The van der Waals surface area contributed by atoms with E-state index in [9.17, 15) is 23.3 Å². The first-order valence-corrected chi connectivity index (χ1v) is 11.5. The molecule has 13 heteroatoms. The number of aromatic nitrogens is 2. The van der Waals surface area contributed by atoms with Crippen molar-refractivity contribution >= 4 is 17.5 Å². The summed E-state index contributed by atoms with van der Waals surface area (Å²) in [6, 6.07) is 6.40. The van der Waals surface area contributed by atoms with Crippen LogP contribution in [0.5, 0.6) is 5.75 Å². The molecule has 2 aliphatic rings. The maximum atomic E-state index is 12.7. The number of para-hydroxylation sites is 1. The maximum absolute atomic E-state index is 12.7. The van der Waals surface area contributed by atoms with Crippen molar-refractivity contribution in [3.63, 3.8) is 0 Å². The van der Waals surface area contributed by atoms with Crippen LogP contribution in [0.15, 0.2) is 24.3 Å². The van der Waals surface area contributed by atoms with Crippen molar-refractivity contribution in [1.82, 2.24) is 14.9 Å². The summed E-state index contributed by atoms with van der Waals surface area (Å²) in [5, 5.41) is 14.5. The molecule has 0 bridgehead atoms. The molecule has 1 saturated carbocycles. The molecule has 190 valence electrons. The third kappa shape index (κ3) is 6.28. The van der Waals surface area contributed by atoms with Gasteiger partial charge >= 0.3 is 12.0 Å². The van der Waals surface area contributed by atoms with Gasteiger partial charge in [-0.05, 0) is 44.1 Å². The lowest BCUT2D eigenvalue weighted by atomic mass is 9.81. The minimum absolute atomic E-state index is 0.00756. The van der Waals surface area contributed by atoms with Gasteiger partial charge in [-0.3, -0.25) is 15.0 Å². The fourth-order valence-corrected chi connectivity index (χ4v) is 4.82. The summed E-state index contributed by atoms with van der Waals surface area (Å²) in [4.78, 5) is 21.7. The van der Waals surface area contributed by atoms with Crippen LogP contribution in [0.4, 0.5) is 30.6 Å². The highest BCUT2D eigenvalue weighted by atomic mass is 19.4. The van der Waals surface area contributed by atoms with Crippen LogP contribution < -0.4 is 21.5 Å². The summed E-state index contributed by atoms with van der Waals surface area (Å²) in [6.45, 7) is 1.73. The predicted molar refractivity (Wildman–Crippen MR) is 123 cm³/mol. The molecule has 1 aliphatic heterocycles. The first-order chi connectivity index (χ1) is 16.6. The largest absolute Gasteiger partial charge is 0.573 e. The Labute approximate surface area is 200 Å². The van der Waals surface area contributed by atoms with Gasteiger partial charge in [0.25, 0.3) is 0 Å². The molecule has 35 heavy (non-hydrogen) atoms. The van der Waals surface area contributed by atoms with E-state index in [1.165, 1.54) is 18.2 Å². The zero-order valence-electron chi connectivity index (χ0n) is 19.0. The van der Waals surface area contributed by atoms with Crippen molar-refractivity contribution < 1.29 is 22.8 Å². The highest BCUT2D eigenvalue weighted by molar-refractivity contribution is 5.58. The van der Waals surface area contributed by atoms with Crippen LogP contribution in [0.3, 0.4) is 0 Å². The fourth-order valence-electron chi connectivity index (χ4n) is 4.82. The lowest BCUT2D eigenvalue weighted by molar-refractivity contribution is -0.385. The Kier molecular flexibility index (Phi) is 7.26. The van der Waals surface area contributed by atoms with Gasteiger partial charge in [-0.1, -0.05) is 18.2 Å². The van der Waals surface area contributed by atoms with Crippen molar-refractivity contribution in [3.8, 4) is 5.75 Å². The molecule has 1 aromatic carbocycles. The quantitative estimate of drug-likeness (QED) is 0.371. The van der Waals surface area contributed by atoms with E-state index in [0.717, 1.165) is 38.8 Å². The number of nitro groups is 1. The van der Waals surface area contributed by atoms with Crippen LogP contribution >= 0.6 is 0 Å². The van der Waals surface area contributed by atoms with E-state index in [1.54, 1.807) is 6.07 Å². The number of benzene rings is 1. The molecule has 2 fully saturated rings. The normalized spacial score (nSPS) is 21.4. The first-order valence-electron chi connectivity index (χ1n) is 11.5. The molecule has 2 heterocycles. The Hall–Kier alpha value is -3.19. The van der Waals surface area contributed by atoms with E-state index in [0.29, 0.717) is 12.5 Å². The molecular weight excluding hydrogens is 467 g/mol. The Bertz CT molecular complexity index is 1060. The average Bonchev–Trinajstić information content (AvgIpc) is 2.75. The predicted octanol–water partition coefficient (Wildman–Crippen LogP) is 3.22. The van der Waals surface area contributed by atoms with Crippen LogP contribution in [0.2, 0.25) is 0 Å². The van der Waals surface area contributed by atoms with Gasteiger partial charge in [0, 0.05) is 37.3 Å². The third-order valence-electron chi connectivity index (χ3n) is 6.55. The average molecular weight is 496 g/mol. The first kappa shape index (κ1) is 24.9. The van der Waals surface area contributed by atoms with Crippen molar-refractivity contribution in [2.45, 2.75) is 57.1 Å². The number of halogens is 3. The summed E-state index contributed by atoms with van der Waals surface area (Å²) in [5.74, 6) is -0.427. The third-order valence-corrected chi connectivity index (χ3v) is 6.55. The molecule has 0 atom stereocenters. The Morgan fingerprint density at radius 3 is 2.49 bits per heavy atom. The van der Waals surface area contributed by atoms with E-state index in [1.807, 2.05) is 0 Å². The molecule has 0 spiro atoms. The van der Waals surface area contributed by atoms with Gasteiger partial charge in [-0.2, -0.15) is 4.98 Å². The Balaban J connectivity index is 1.45. The molecule has 0 amide bonds. The van der Waals surface area contributed by atoms with Gasteiger partial charge < -0.3 is 21.5 Å². The topological polar surface area (TPSA) is 145 Å². The number of anilines is 2. The molecule has 0 unspecified atom stereocenters. The van der Waals surface area contributed by atoms with Crippen molar-refractivity contribution in [2.75, 3.05) is 24.1 Å². The molecule has 4 rings (SSSR count). The SMILES string of the molecule is Nc1nc(NCc2ccccc2OC(F)(F)F)nc(C[C@H]2CC[C@H](N3CC(N)C3)CC2)c1[N+](=O)[O-]. The number of alkyl halides is 3. The van der Waals surface area contributed by atoms with Gasteiger partial charge in [0.1, 0.15) is 11.4 Å².